The second kappa shape index (κ2) is 5.14. The van der Waals surface area contributed by atoms with Gasteiger partial charge in [0.05, 0.1) is 17.2 Å². The van der Waals surface area contributed by atoms with E-state index in [0.29, 0.717) is 0 Å². The molecule has 0 radical (unpaired) electrons. The van der Waals surface area contributed by atoms with Gasteiger partial charge in [0.25, 0.3) is 0 Å². The fourth-order valence-electron chi connectivity index (χ4n) is 1.48. The average molecular weight is 249 g/mol. The Labute approximate surface area is 104 Å². The van der Waals surface area contributed by atoms with Crippen molar-refractivity contribution in [3.05, 3.63) is 44.8 Å². The van der Waals surface area contributed by atoms with Crippen molar-refractivity contribution in [2.24, 2.45) is 7.05 Å². The molecule has 0 saturated heterocycles. The van der Waals surface area contributed by atoms with Crippen LogP contribution in [0.25, 0.3) is 0 Å². The third kappa shape index (κ3) is 2.94. The highest BCUT2D eigenvalue weighted by Gasteiger charge is 2.00. The van der Waals surface area contributed by atoms with Gasteiger partial charge in [-0.1, -0.05) is 6.92 Å². The van der Waals surface area contributed by atoms with Gasteiger partial charge in [-0.3, -0.25) is 4.79 Å². The summed E-state index contributed by atoms with van der Waals surface area (Å²) in [6, 6.07) is 3.36. The molecule has 2 aromatic rings. The molecule has 0 unspecified atom stereocenters. The number of nitrogens with zero attached hydrogens (tertiary/aromatic N) is 2. The summed E-state index contributed by atoms with van der Waals surface area (Å²) in [5.74, 6) is 0. The summed E-state index contributed by atoms with van der Waals surface area (Å²) >= 11 is 1.72. The Balaban J connectivity index is 2.02. The number of anilines is 1. The molecular formula is C12H15N3OS. The Morgan fingerprint density at radius 1 is 1.47 bits per heavy atom. The molecule has 90 valence electrons. The first-order valence-electron chi connectivity index (χ1n) is 5.53. The molecule has 17 heavy (non-hydrogen) atoms. The minimum absolute atomic E-state index is 0.00149. The highest BCUT2D eigenvalue weighted by molar-refractivity contribution is 7.11. The Hall–Kier alpha value is -1.62. The van der Waals surface area contributed by atoms with Crippen LogP contribution >= 0.6 is 11.3 Å². The number of rotatable bonds is 4. The summed E-state index contributed by atoms with van der Waals surface area (Å²) in [5.41, 5.74) is 0.945. The number of aryl methyl sites for hydroxylation is 2. The number of aromatic nitrogens is 2. The van der Waals surface area contributed by atoms with Crippen LogP contribution < -0.4 is 10.9 Å². The molecule has 0 amide bonds. The highest BCUT2D eigenvalue weighted by Crippen LogP contribution is 2.15. The van der Waals surface area contributed by atoms with Gasteiger partial charge >= 0.3 is 0 Å². The Kier molecular flexibility index (Phi) is 3.58. The summed E-state index contributed by atoms with van der Waals surface area (Å²) in [7, 11) is 1.75. The smallest absolute Gasteiger partial charge is 0.250 e. The predicted octanol–water partition coefficient (Wildman–Crippen LogP) is 2.02. The van der Waals surface area contributed by atoms with Gasteiger partial charge in [-0.2, -0.15) is 0 Å². The van der Waals surface area contributed by atoms with Crippen molar-refractivity contribution in [3.8, 4) is 0 Å². The zero-order valence-corrected chi connectivity index (χ0v) is 10.8. The van der Waals surface area contributed by atoms with Gasteiger partial charge in [-0.05, 0) is 12.5 Å². The van der Waals surface area contributed by atoms with Crippen LogP contribution in [0.2, 0.25) is 0 Å². The number of nitrogens with one attached hydrogen (secondary N) is 1. The minimum Gasteiger partial charge on any atom is -0.379 e. The third-order valence-electron chi connectivity index (χ3n) is 2.46. The van der Waals surface area contributed by atoms with E-state index >= 15 is 0 Å². The van der Waals surface area contributed by atoms with Gasteiger partial charge < -0.3 is 9.88 Å². The van der Waals surface area contributed by atoms with Crippen molar-refractivity contribution in [3.63, 3.8) is 0 Å². The van der Waals surface area contributed by atoms with E-state index < -0.39 is 0 Å². The van der Waals surface area contributed by atoms with E-state index in [0.717, 1.165) is 23.7 Å². The Bertz CT molecular complexity index is 559. The molecule has 0 aliphatic carbocycles. The topological polar surface area (TPSA) is 46.9 Å². The van der Waals surface area contributed by atoms with Gasteiger partial charge in [-0.25, -0.2) is 4.98 Å². The standard InChI is InChI=1S/C12H15N3OS/c1-3-11-14-7-10(17-11)6-13-9-4-5-12(16)15(2)8-9/h4-5,7-8,13H,3,6H2,1-2H3. The Morgan fingerprint density at radius 3 is 2.94 bits per heavy atom. The molecule has 0 aromatic carbocycles. The lowest BCUT2D eigenvalue weighted by molar-refractivity contribution is 0.859. The molecule has 0 atom stereocenters. The fourth-order valence-corrected chi connectivity index (χ4v) is 2.28. The van der Waals surface area contributed by atoms with Crippen LogP contribution in [0, 0.1) is 0 Å². The minimum atomic E-state index is 0.00149. The molecule has 4 nitrogen and oxygen atoms in total. The summed E-state index contributed by atoms with van der Waals surface area (Å²) < 4.78 is 1.56. The zero-order chi connectivity index (χ0) is 12.3. The van der Waals surface area contributed by atoms with Crippen molar-refractivity contribution in [2.75, 3.05) is 5.32 Å². The van der Waals surface area contributed by atoms with E-state index in [1.807, 2.05) is 6.20 Å². The predicted molar refractivity (Wildman–Crippen MR) is 70.5 cm³/mol. The second-order valence-electron chi connectivity index (χ2n) is 3.79. The molecule has 0 aliphatic rings. The lowest BCUT2D eigenvalue weighted by atomic mass is 10.4. The number of hydrogen-bond donors (Lipinski definition) is 1. The van der Waals surface area contributed by atoms with Crippen LogP contribution in [0.15, 0.2) is 29.3 Å². The summed E-state index contributed by atoms with van der Waals surface area (Å²) in [5, 5.41) is 4.43. The van der Waals surface area contributed by atoms with Crippen molar-refractivity contribution in [2.45, 2.75) is 19.9 Å². The average Bonchev–Trinajstić information content (AvgIpc) is 2.79. The fraction of sp³-hybridized carbons (Fsp3) is 0.333. The zero-order valence-electron chi connectivity index (χ0n) is 9.93. The normalized spacial score (nSPS) is 10.5. The van der Waals surface area contributed by atoms with E-state index in [2.05, 4.69) is 17.2 Å². The quantitative estimate of drug-likeness (QED) is 0.901. The lowest BCUT2D eigenvalue weighted by Crippen LogP contribution is -2.15. The molecule has 2 aromatic heterocycles. The van der Waals surface area contributed by atoms with E-state index in [4.69, 9.17) is 0 Å². The Morgan fingerprint density at radius 2 is 2.29 bits per heavy atom. The maximum absolute atomic E-state index is 11.2. The van der Waals surface area contributed by atoms with Gasteiger partial charge in [0.2, 0.25) is 5.56 Å². The molecule has 2 heterocycles. The van der Waals surface area contributed by atoms with Crippen LogP contribution in [0.1, 0.15) is 16.8 Å². The maximum Gasteiger partial charge on any atom is 0.250 e. The first kappa shape index (κ1) is 11.9. The number of hydrogen-bond acceptors (Lipinski definition) is 4. The van der Waals surface area contributed by atoms with Crippen molar-refractivity contribution in [1.29, 1.82) is 0 Å². The molecule has 0 spiro atoms. The molecular weight excluding hydrogens is 234 g/mol. The van der Waals surface area contributed by atoms with Crippen molar-refractivity contribution >= 4 is 17.0 Å². The molecule has 0 fully saturated rings. The molecule has 2 rings (SSSR count). The second-order valence-corrected chi connectivity index (χ2v) is 4.99. The summed E-state index contributed by atoms with van der Waals surface area (Å²) in [4.78, 5) is 16.7. The summed E-state index contributed by atoms with van der Waals surface area (Å²) in [6.07, 6.45) is 4.67. The molecule has 0 aliphatic heterocycles. The van der Waals surface area contributed by atoms with Gasteiger partial charge in [0.1, 0.15) is 0 Å². The van der Waals surface area contributed by atoms with E-state index in [-0.39, 0.29) is 5.56 Å². The molecule has 0 bridgehead atoms. The monoisotopic (exact) mass is 249 g/mol. The maximum atomic E-state index is 11.2. The first-order valence-corrected chi connectivity index (χ1v) is 6.35. The highest BCUT2D eigenvalue weighted by atomic mass is 32.1. The van der Waals surface area contributed by atoms with E-state index in [9.17, 15) is 4.79 Å². The third-order valence-corrected chi connectivity index (χ3v) is 3.60. The van der Waals surface area contributed by atoms with E-state index in [1.165, 1.54) is 4.88 Å². The van der Waals surface area contributed by atoms with Crippen LogP contribution in [-0.4, -0.2) is 9.55 Å². The van der Waals surface area contributed by atoms with Gasteiger partial charge in [0.15, 0.2) is 0 Å². The van der Waals surface area contributed by atoms with Crippen LogP contribution in [0.5, 0.6) is 0 Å². The largest absolute Gasteiger partial charge is 0.379 e. The van der Waals surface area contributed by atoms with Crippen LogP contribution in [-0.2, 0) is 20.0 Å². The van der Waals surface area contributed by atoms with Crippen molar-refractivity contribution in [1.82, 2.24) is 9.55 Å². The SMILES string of the molecule is CCc1ncc(CNc2ccc(=O)n(C)c2)s1. The van der Waals surface area contributed by atoms with Crippen LogP contribution in [0.3, 0.4) is 0 Å². The molecule has 1 N–H and O–H groups in total. The molecule has 5 heteroatoms. The van der Waals surface area contributed by atoms with Crippen molar-refractivity contribution < 1.29 is 0 Å². The van der Waals surface area contributed by atoms with Gasteiger partial charge in [-0.15, -0.1) is 11.3 Å². The van der Waals surface area contributed by atoms with Crippen LogP contribution in [0.4, 0.5) is 5.69 Å². The first-order chi connectivity index (χ1) is 8.19. The van der Waals surface area contributed by atoms with E-state index in [1.54, 1.807) is 41.3 Å². The lowest BCUT2D eigenvalue weighted by Gasteiger charge is -2.05. The number of pyridine rings is 1. The molecule has 0 saturated carbocycles. The number of thiazole rings is 1. The summed E-state index contributed by atoms with van der Waals surface area (Å²) in [6.45, 7) is 2.85. The van der Waals surface area contributed by atoms with Gasteiger partial charge in [0, 0.05) is 30.4 Å².